The molecule has 7 heteroatoms. The number of aliphatic carboxylic acids is 1. The van der Waals surface area contributed by atoms with E-state index in [0.29, 0.717) is 6.42 Å². The topological polar surface area (TPSA) is 94.8 Å². The number of hydrogen-bond donors (Lipinski definition) is 3. The van der Waals surface area contributed by atoms with Crippen LogP contribution >= 0.6 is 23.5 Å². The monoisotopic (exact) mass is 486 g/mol. The molecule has 3 unspecified atom stereocenters. The number of ketones is 1. The maximum absolute atomic E-state index is 12.4. The quantitative estimate of drug-likeness (QED) is 0.307. The number of aliphatic hydroxyl groups is 2. The Kier molecular flexibility index (Phi) is 10.1. The molecule has 1 aliphatic rings. The Hall–Kier alpha value is -2.06. The third-order valence-corrected chi connectivity index (χ3v) is 8.00. The minimum absolute atomic E-state index is 0.0328. The number of thioether (sulfide) groups is 2. The largest absolute Gasteiger partial charge is 0.481 e. The average Bonchev–Trinajstić information content (AvgIpc) is 3.07. The number of carbonyl (C=O) groups excluding carboxylic acids is 1. The average molecular weight is 487 g/mol. The first-order valence-electron chi connectivity index (χ1n) is 11.1. The Morgan fingerprint density at radius 2 is 1.85 bits per heavy atom. The summed E-state index contributed by atoms with van der Waals surface area (Å²) in [5, 5.41) is 29.3. The van der Waals surface area contributed by atoms with Crippen LogP contribution < -0.4 is 0 Å². The molecule has 4 atom stereocenters. The molecule has 0 amide bonds. The lowest BCUT2D eigenvalue weighted by molar-refractivity contribution is -0.133. The van der Waals surface area contributed by atoms with Gasteiger partial charge in [-0.15, -0.1) is 11.8 Å². The number of carboxylic acids is 1. The molecule has 0 aliphatic heterocycles. The van der Waals surface area contributed by atoms with Gasteiger partial charge >= 0.3 is 5.97 Å². The van der Waals surface area contributed by atoms with Gasteiger partial charge in [0.1, 0.15) is 5.78 Å². The zero-order valence-corrected chi connectivity index (χ0v) is 20.0. The van der Waals surface area contributed by atoms with Crippen LogP contribution in [0.4, 0.5) is 0 Å². The van der Waals surface area contributed by atoms with Crippen LogP contribution in [0.5, 0.6) is 0 Å². The molecule has 3 rings (SSSR count). The number of Topliss-reactive ketones (excluding diaryl/α,β-unsaturated/α-hetero) is 1. The highest BCUT2D eigenvalue weighted by Crippen LogP contribution is 2.34. The molecule has 1 saturated carbocycles. The lowest BCUT2D eigenvalue weighted by Crippen LogP contribution is -2.22. The second-order valence-corrected chi connectivity index (χ2v) is 10.5. The molecule has 33 heavy (non-hydrogen) atoms. The van der Waals surface area contributed by atoms with Crippen molar-refractivity contribution in [2.75, 3.05) is 17.3 Å². The normalized spacial score (nSPS) is 21.5. The Labute approximate surface area is 203 Å². The highest BCUT2D eigenvalue weighted by atomic mass is 32.2. The Morgan fingerprint density at radius 3 is 2.61 bits per heavy atom. The van der Waals surface area contributed by atoms with Gasteiger partial charge in [0.05, 0.1) is 23.2 Å². The van der Waals surface area contributed by atoms with Crippen molar-refractivity contribution in [3.63, 3.8) is 0 Å². The molecule has 3 N–H and O–H groups in total. The second kappa shape index (κ2) is 13.0. The van der Waals surface area contributed by atoms with Gasteiger partial charge in [0.25, 0.3) is 0 Å². The van der Waals surface area contributed by atoms with Crippen LogP contribution in [-0.4, -0.2) is 61.8 Å². The fourth-order valence-electron chi connectivity index (χ4n) is 3.91. The van der Waals surface area contributed by atoms with Gasteiger partial charge < -0.3 is 15.3 Å². The molecule has 2 aromatic rings. The van der Waals surface area contributed by atoms with Gasteiger partial charge in [0, 0.05) is 18.8 Å². The van der Waals surface area contributed by atoms with E-state index in [2.05, 4.69) is 18.2 Å². The number of carboxylic acid groups (broad SMARTS) is 1. The maximum atomic E-state index is 12.4. The lowest BCUT2D eigenvalue weighted by Gasteiger charge is -2.17. The molecule has 0 radical (unpaired) electrons. The first-order valence-corrected chi connectivity index (χ1v) is 13.3. The van der Waals surface area contributed by atoms with E-state index < -0.39 is 18.2 Å². The first kappa shape index (κ1) is 25.6. The SMILES string of the molecule is O=C(O)CSCCCSC1C(=O)CC(O)[C@@H]1C=CC(O)Cc1cccc(-c2ccccc2)c1. The molecule has 176 valence electrons. The van der Waals surface area contributed by atoms with E-state index in [0.717, 1.165) is 34.6 Å². The number of carbonyl (C=O) groups is 2. The van der Waals surface area contributed by atoms with Crippen molar-refractivity contribution >= 4 is 35.3 Å². The Balaban J connectivity index is 1.53. The summed E-state index contributed by atoms with van der Waals surface area (Å²) in [6, 6.07) is 18.2. The number of rotatable bonds is 12. The van der Waals surface area contributed by atoms with E-state index in [-0.39, 0.29) is 29.1 Å². The van der Waals surface area contributed by atoms with Gasteiger partial charge in [-0.1, -0.05) is 66.7 Å². The van der Waals surface area contributed by atoms with Gasteiger partial charge in [0.2, 0.25) is 0 Å². The standard InChI is InChI=1S/C26H30O5S2/c27-21(15-18-6-4-9-20(14-18)19-7-2-1-3-8-19)10-11-22-23(28)16-24(29)26(22)33-13-5-12-32-17-25(30)31/h1-4,6-11,14,21-23,26-28H,5,12-13,15-17H2,(H,30,31)/t21?,22-,23?,26?/m0/s1. The molecule has 1 fully saturated rings. The molecule has 0 bridgehead atoms. The molecule has 5 nitrogen and oxygen atoms in total. The summed E-state index contributed by atoms with van der Waals surface area (Å²) in [4.78, 5) is 22.9. The van der Waals surface area contributed by atoms with Crippen molar-refractivity contribution in [3.8, 4) is 11.1 Å². The van der Waals surface area contributed by atoms with E-state index in [1.165, 1.54) is 23.5 Å². The summed E-state index contributed by atoms with van der Waals surface area (Å²) in [5.74, 6) is 0.435. The Bertz CT molecular complexity index is 947. The van der Waals surface area contributed by atoms with Gasteiger partial charge in [0.15, 0.2) is 0 Å². The van der Waals surface area contributed by atoms with Crippen LogP contribution in [0.2, 0.25) is 0 Å². The van der Waals surface area contributed by atoms with E-state index in [9.17, 15) is 19.8 Å². The molecule has 1 aliphatic carbocycles. The van der Waals surface area contributed by atoms with Crippen LogP contribution in [0.25, 0.3) is 11.1 Å². The van der Waals surface area contributed by atoms with Crippen molar-refractivity contribution in [1.29, 1.82) is 0 Å². The van der Waals surface area contributed by atoms with Gasteiger partial charge in [-0.2, -0.15) is 11.8 Å². The maximum Gasteiger partial charge on any atom is 0.313 e. The van der Waals surface area contributed by atoms with Crippen molar-refractivity contribution < 1.29 is 24.9 Å². The predicted octanol–water partition coefficient (Wildman–Crippen LogP) is 4.07. The van der Waals surface area contributed by atoms with Crippen LogP contribution in [0.1, 0.15) is 18.4 Å². The number of hydrogen-bond acceptors (Lipinski definition) is 6. The fraction of sp³-hybridized carbons (Fsp3) is 0.385. The van der Waals surface area contributed by atoms with E-state index in [1.807, 2.05) is 36.4 Å². The number of benzene rings is 2. The first-order chi connectivity index (χ1) is 15.9. The summed E-state index contributed by atoms with van der Waals surface area (Å²) in [6.45, 7) is 0. The van der Waals surface area contributed by atoms with Crippen LogP contribution in [-0.2, 0) is 16.0 Å². The molecule has 0 saturated heterocycles. The summed E-state index contributed by atoms with van der Waals surface area (Å²) in [5.41, 5.74) is 3.23. The van der Waals surface area contributed by atoms with Crippen molar-refractivity contribution in [2.45, 2.75) is 36.7 Å². The Morgan fingerprint density at radius 1 is 1.09 bits per heavy atom. The van der Waals surface area contributed by atoms with Gasteiger partial charge in [-0.05, 0) is 34.6 Å². The second-order valence-electron chi connectivity index (χ2n) is 8.13. The molecule has 2 aromatic carbocycles. The minimum atomic E-state index is -0.822. The third kappa shape index (κ3) is 8.03. The summed E-state index contributed by atoms with van der Waals surface area (Å²) >= 11 is 2.88. The van der Waals surface area contributed by atoms with Crippen molar-refractivity contribution in [2.24, 2.45) is 5.92 Å². The molecular weight excluding hydrogens is 456 g/mol. The smallest absolute Gasteiger partial charge is 0.313 e. The fourth-order valence-corrected chi connectivity index (χ4v) is 6.10. The van der Waals surface area contributed by atoms with Gasteiger partial charge in [-0.3, -0.25) is 9.59 Å². The highest BCUT2D eigenvalue weighted by Gasteiger charge is 2.40. The summed E-state index contributed by atoms with van der Waals surface area (Å²) in [6.07, 6.45) is 3.43. The van der Waals surface area contributed by atoms with Crippen molar-refractivity contribution in [3.05, 3.63) is 72.3 Å². The van der Waals surface area contributed by atoms with Gasteiger partial charge in [-0.25, -0.2) is 0 Å². The third-order valence-electron chi connectivity index (χ3n) is 5.51. The van der Waals surface area contributed by atoms with Crippen molar-refractivity contribution in [1.82, 2.24) is 0 Å². The summed E-state index contributed by atoms with van der Waals surface area (Å²) in [7, 11) is 0. The molecule has 0 heterocycles. The lowest BCUT2D eigenvalue weighted by atomic mass is 9.99. The van der Waals surface area contributed by atoms with E-state index in [1.54, 1.807) is 12.2 Å². The van der Waals surface area contributed by atoms with E-state index >= 15 is 0 Å². The zero-order chi connectivity index (χ0) is 23.6. The molecule has 0 spiro atoms. The minimum Gasteiger partial charge on any atom is -0.481 e. The van der Waals surface area contributed by atoms with E-state index in [4.69, 9.17) is 5.11 Å². The molecule has 0 aromatic heterocycles. The summed E-state index contributed by atoms with van der Waals surface area (Å²) < 4.78 is 0. The van der Waals surface area contributed by atoms with Crippen LogP contribution in [0, 0.1) is 5.92 Å². The predicted molar refractivity (Wildman–Crippen MR) is 136 cm³/mol. The highest BCUT2D eigenvalue weighted by molar-refractivity contribution is 8.01. The molecular formula is C26H30O5S2. The zero-order valence-electron chi connectivity index (χ0n) is 18.4. The van der Waals surface area contributed by atoms with Crippen LogP contribution in [0.3, 0.4) is 0 Å². The number of aliphatic hydroxyl groups excluding tert-OH is 2. The van der Waals surface area contributed by atoms with Crippen LogP contribution in [0.15, 0.2) is 66.7 Å².